The fourth-order valence-corrected chi connectivity index (χ4v) is 6.89. The Balaban J connectivity index is 1.28. The minimum absolute atomic E-state index is 0.0178. The van der Waals surface area contributed by atoms with E-state index in [1.807, 2.05) is 36.3 Å². The number of aromatic nitrogens is 2. The number of aryl methyl sites for hydroxylation is 1. The summed E-state index contributed by atoms with van der Waals surface area (Å²) in [5.74, 6) is 0.965. The van der Waals surface area contributed by atoms with Crippen molar-refractivity contribution in [1.29, 1.82) is 0 Å². The van der Waals surface area contributed by atoms with Crippen LogP contribution in [0.25, 0.3) is 27.4 Å². The van der Waals surface area contributed by atoms with Gasteiger partial charge in [-0.25, -0.2) is 0 Å². The Labute approximate surface area is 257 Å². The Morgan fingerprint density at radius 3 is 2.80 bits per heavy atom. The van der Waals surface area contributed by atoms with Crippen LogP contribution in [0.5, 0.6) is 5.75 Å². The standard InChI is InChI=1S/C35H38N6O3/c1-21(2)19-41-29-11-8-23(44-20-30(42)39(3)15-12-22-7-5-6-14-36-22)17-26(29)32-27-18-37-35(43)33(27)31-24-13-16-40(4)38-28(24)10-9-25(31)34(32)41/h5-8,11,13-14,17,21H,9-10,12,15-16,18-20H2,1-4H3,(H,37,43). The number of carbonyl (C=O) groups excluding carboxylic acids is 2. The smallest absolute Gasteiger partial charge is 0.260 e. The summed E-state index contributed by atoms with van der Waals surface area (Å²) in [5, 5.41) is 12.1. The number of nitrogens with zero attached hydrogens (tertiary/aromatic N) is 5. The largest absolute Gasteiger partial charge is 0.484 e. The van der Waals surface area contributed by atoms with Crippen molar-refractivity contribution in [2.75, 3.05) is 33.8 Å². The third-order valence-corrected chi connectivity index (χ3v) is 8.94. The molecule has 1 aliphatic carbocycles. The van der Waals surface area contributed by atoms with Crippen molar-refractivity contribution < 1.29 is 14.3 Å². The van der Waals surface area contributed by atoms with Crippen LogP contribution < -0.4 is 10.1 Å². The summed E-state index contributed by atoms with van der Waals surface area (Å²) in [5.41, 5.74) is 9.57. The Kier molecular flexibility index (Phi) is 7.11. The number of hydrogen-bond acceptors (Lipinski definition) is 6. The maximum atomic E-state index is 13.4. The Bertz CT molecular complexity index is 1870. The van der Waals surface area contributed by atoms with E-state index in [-0.39, 0.29) is 18.4 Å². The molecule has 2 aromatic heterocycles. The van der Waals surface area contributed by atoms with Gasteiger partial charge >= 0.3 is 0 Å². The number of likely N-dealkylation sites (N-methyl/N-ethyl adjacent to an activating group) is 2. The van der Waals surface area contributed by atoms with E-state index in [1.54, 1.807) is 18.1 Å². The number of nitrogens with one attached hydrogen (secondary N) is 1. The maximum absolute atomic E-state index is 13.4. The molecule has 44 heavy (non-hydrogen) atoms. The van der Waals surface area contributed by atoms with Gasteiger partial charge in [-0.3, -0.25) is 19.6 Å². The highest BCUT2D eigenvalue weighted by atomic mass is 16.5. The van der Waals surface area contributed by atoms with Crippen molar-refractivity contribution in [1.82, 2.24) is 24.8 Å². The normalized spacial score (nSPS) is 15.6. The van der Waals surface area contributed by atoms with Crippen LogP contribution in [0.15, 0.2) is 53.8 Å². The van der Waals surface area contributed by atoms with E-state index in [1.165, 1.54) is 11.1 Å². The highest BCUT2D eigenvalue weighted by Gasteiger charge is 2.36. The average Bonchev–Trinajstić information content (AvgIpc) is 3.56. The van der Waals surface area contributed by atoms with Gasteiger partial charge in [0, 0.05) is 79.5 Å². The van der Waals surface area contributed by atoms with Crippen LogP contribution in [0.4, 0.5) is 0 Å². The minimum atomic E-state index is -0.0862. The highest BCUT2D eigenvalue weighted by molar-refractivity contribution is 6.30. The van der Waals surface area contributed by atoms with Crippen molar-refractivity contribution in [3.05, 3.63) is 76.6 Å². The summed E-state index contributed by atoms with van der Waals surface area (Å²) in [4.78, 5) is 32.4. The van der Waals surface area contributed by atoms with Crippen molar-refractivity contribution in [2.24, 2.45) is 11.0 Å². The molecule has 9 nitrogen and oxygen atoms in total. The number of rotatable bonds is 8. The average molecular weight is 591 g/mol. The van der Waals surface area contributed by atoms with E-state index in [0.29, 0.717) is 31.2 Å². The van der Waals surface area contributed by atoms with Crippen LogP contribution in [0.3, 0.4) is 0 Å². The van der Waals surface area contributed by atoms with Crippen LogP contribution in [0, 0.1) is 5.92 Å². The molecule has 4 aromatic rings. The monoisotopic (exact) mass is 590 g/mol. The van der Waals surface area contributed by atoms with Gasteiger partial charge in [-0.05, 0) is 60.2 Å². The molecule has 4 heterocycles. The van der Waals surface area contributed by atoms with Crippen molar-refractivity contribution in [3.8, 4) is 5.75 Å². The van der Waals surface area contributed by atoms with E-state index in [0.717, 1.165) is 75.9 Å². The molecule has 3 aliphatic rings. The summed E-state index contributed by atoms with van der Waals surface area (Å²) in [7, 11) is 3.79. The Morgan fingerprint density at radius 1 is 1.14 bits per heavy atom. The third kappa shape index (κ3) is 4.80. The predicted molar refractivity (Wildman–Crippen MR) is 173 cm³/mol. The first-order valence-electron chi connectivity index (χ1n) is 15.5. The summed E-state index contributed by atoms with van der Waals surface area (Å²) >= 11 is 0. The van der Waals surface area contributed by atoms with Gasteiger partial charge in [0.1, 0.15) is 5.75 Å². The lowest BCUT2D eigenvalue weighted by atomic mass is 9.79. The van der Waals surface area contributed by atoms with Gasteiger partial charge in [0.2, 0.25) is 0 Å². The number of hydrazone groups is 1. The fraction of sp³-hybridized carbons (Fsp3) is 0.371. The Morgan fingerprint density at radius 2 is 2.00 bits per heavy atom. The van der Waals surface area contributed by atoms with Crippen LogP contribution in [0.2, 0.25) is 0 Å². The van der Waals surface area contributed by atoms with Crippen molar-refractivity contribution in [3.63, 3.8) is 0 Å². The van der Waals surface area contributed by atoms with Gasteiger partial charge in [-0.1, -0.05) is 26.0 Å². The molecule has 0 spiro atoms. The number of ether oxygens (including phenoxy) is 1. The first-order valence-corrected chi connectivity index (χ1v) is 15.5. The molecule has 0 atom stereocenters. The fourth-order valence-electron chi connectivity index (χ4n) is 6.89. The van der Waals surface area contributed by atoms with Crippen LogP contribution in [-0.2, 0) is 30.7 Å². The molecule has 0 saturated heterocycles. The van der Waals surface area contributed by atoms with E-state index < -0.39 is 0 Å². The first-order chi connectivity index (χ1) is 21.3. The molecule has 2 aromatic carbocycles. The van der Waals surface area contributed by atoms with Gasteiger partial charge in [0.15, 0.2) is 6.61 Å². The first kappa shape index (κ1) is 28.1. The molecule has 226 valence electrons. The molecular formula is C35H38N6O3. The molecular weight excluding hydrogens is 552 g/mol. The molecule has 0 radical (unpaired) electrons. The molecule has 0 saturated carbocycles. The number of pyridine rings is 1. The lowest BCUT2D eigenvalue weighted by Gasteiger charge is -2.29. The molecule has 9 heteroatoms. The Hall–Kier alpha value is -4.66. The molecule has 0 bridgehead atoms. The highest BCUT2D eigenvalue weighted by Crippen LogP contribution is 2.46. The lowest BCUT2D eigenvalue weighted by molar-refractivity contribution is -0.132. The van der Waals surface area contributed by atoms with Gasteiger partial charge < -0.3 is 19.5 Å². The second-order valence-corrected chi connectivity index (χ2v) is 12.5. The number of amides is 2. The van der Waals surface area contributed by atoms with Gasteiger partial charge in [0.25, 0.3) is 11.8 Å². The van der Waals surface area contributed by atoms with Crippen LogP contribution >= 0.6 is 0 Å². The van der Waals surface area contributed by atoms with E-state index in [9.17, 15) is 9.59 Å². The number of allylic oxidation sites excluding steroid dienone is 1. The number of benzene rings is 2. The SMILES string of the molecule is CC(C)Cn1c2ccc(OCC(=O)N(C)CCc3ccccn3)cc2c2c3c(c4c(c21)CCC1=NN(C)CC=C14)C(=O)NC3. The van der Waals surface area contributed by atoms with Gasteiger partial charge in [-0.15, -0.1) is 0 Å². The van der Waals surface area contributed by atoms with Gasteiger partial charge in [0.05, 0.1) is 23.3 Å². The molecule has 1 N–H and O–H groups in total. The van der Waals surface area contributed by atoms with E-state index >= 15 is 0 Å². The maximum Gasteiger partial charge on any atom is 0.260 e. The van der Waals surface area contributed by atoms with E-state index in [2.05, 4.69) is 46.9 Å². The topological polar surface area (TPSA) is 92.1 Å². The zero-order valence-electron chi connectivity index (χ0n) is 25.8. The zero-order chi connectivity index (χ0) is 30.5. The predicted octanol–water partition coefficient (Wildman–Crippen LogP) is 4.80. The summed E-state index contributed by atoms with van der Waals surface area (Å²) in [6, 6.07) is 11.9. The molecule has 2 amide bonds. The van der Waals surface area contributed by atoms with Crippen molar-refractivity contribution in [2.45, 2.75) is 46.2 Å². The summed E-state index contributed by atoms with van der Waals surface area (Å²) in [6.45, 7) is 7.06. The molecule has 0 unspecified atom stereocenters. The summed E-state index contributed by atoms with van der Waals surface area (Å²) in [6.07, 6.45) is 6.35. The summed E-state index contributed by atoms with van der Waals surface area (Å²) < 4.78 is 8.53. The molecule has 7 rings (SSSR count). The van der Waals surface area contributed by atoms with Crippen LogP contribution in [0.1, 0.15) is 53.0 Å². The molecule has 0 fully saturated rings. The number of carbonyl (C=O) groups is 2. The minimum Gasteiger partial charge on any atom is -0.484 e. The quantitative estimate of drug-likeness (QED) is 0.318. The second-order valence-electron chi connectivity index (χ2n) is 12.5. The van der Waals surface area contributed by atoms with Gasteiger partial charge in [-0.2, -0.15) is 5.10 Å². The lowest BCUT2D eigenvalue weighted by Crippen LogP contribution is -2.33. The number of hydrogen-bond donors (Lipinski definition) is 1. The van der Waals surface area contributed by atoms with Crippen molar-refractivity contribution >= 4 is 44.9 Å². The third-order valence-electron chi connectivity index (χ3n) is 8.94. The second kappa shape index (κ2) is 11.1. The molecule has 2 aliphatic heterocycles. The number of fused-ring (bicyclic) bond motifs is 10. The van der Waals surface area contributed by atoms with Crippen LogP contribution in [-0.4, -0.2) is 70.8 Å². The zero-order valence-corrected chi connectivity index (χ0v) is 25.8. The van der Waals surface area contributed by atoms with E-state index in [4.69, 9.17) is 9.84 Å².